The average Bonchev–Trinajstić information content (AvgIpc) is 3.75. The zero-order valence-electron chi connectivity index (χ0n) is 32.5. The Bertz CT molecular complexity index is 2410. The molecule has 1 fully saturated rings. The largest absolute Gasteiger partial charge is 0.435 e. The van der Waals surface area contributed by atoms with Gasteiger partial charge < -0.3 is 9.47 Å². The van der Waals surface area contributed by atoms with E-state index in [2.05, 4.69) is 204 Å². The highest BCUT2D eigenvalue weighted by atomic mass is 16.5. The molecule has 57 heavy (non-hydrogen) atoms. The van der Waals surface area contributed by atoms with Gasteiger partial charge in [-0.1, -0.05) is 171 Å². The molecule has 1 aliphatic carbocycles. The first kappa shape index (κ1) is 36.1. The molecule has 7 aromatic rings. The van der Waals surface area contributed by atoms with E-state index >= 15 is 0 Å². The fraction of sp³-hybridized carbons (Fsp3) is 0.170. The number of hydrogen-bond donors (Lipinski definition) is 0. The summed E-state index contributed by atoms with van der Waals surface area (Å²) in [6.45, 7) is 3.44. The van der Waals surface area contributed by atoms with Crippen LogP contribution < -0.4 is 9.47 Å². The van der Waals surface area contributed by atoms with Gasteiger partial charge in [-0.05, 0) is 47.1 Å². The van der Waals surface area contributed by atoms with Crippen LogP contribution in [0.4, 0.5) is 11.4 Å². The van der Waals surface area contributed by atoms with Crippen molar-refractivity contribution in [1.82, 2.24) is 0 Å². The Morgan fingerprint density at radius 1 is 0.439 bits per heavy atom. The lowest BCUT2D eigenvalue weighted by Crippen LogP contribution is -2.33. The molecule has 3 aliphatic rings. The van der Waals surface area contributed by atoms with E-state index in [4.69, 9.17) is 9.47 Å². The molecule has 0 amide bonds. The van der Waals surface area contributed by atoms with Crippen LogP contribution in [0.25, 0.3) is 0 Å². The monoisotopic (exact) mass is 744 g/mol. The molecule has 280 valence electrons. The van der Waals surface area contributed by atoms with Crippen molar-refractivity contribution in [2.24, 2.45) is 0 Å². The molecule has 0 saturated heterocycles. The topological polar surface area (TPSA) is 24.5 Å². The molecule has 1 saturated carbocycles. The molecule has 0 atom stereocenters. The highest BCUT2D eigenvalue weighted by molar-refractivity contribution is 5.84. The SMILES string of the molecule is C1=[N+](c2ccccc2)COc2c1cccc2C(c1ccccc1)(c1ccccc1)c1ccccc1.CC1(c2cccc3c2OC[N+](c2ccccc2)=C3)CCCC1. The van der Waals surface area contributed by atoms with Gasteiger partial charge in [0.2, 0.25) is 11.4 Å². The highest BCUT2D eigenvalue weighted by Gasteiger charge is 2.42. The molecule has 10 rings (SSSR count). The highest BCUT2D eigenvalue weighted by Crippen LogP contribution is 2.49. The fourth-order valence-corrected chi connectivity index (χ4v) is 9.08. The Kier molecular flexibility index (Phi) is 10.1. The molecule has 2 heterocycles. The Morgan fingerprint density at radius 2 is 0.842 bits per heavy atom. The lowest BCUT2D eigenvalue weighted by atomic mass is 9.64. The van der Waals surface area contributed by atoms with E-state index in [0.717, 1.165) is 28.3 Å². The minimum atomic E-state index is -0.530. The first-order valence-corrected chi connectivity index (χ1v) is 20.2. The van der Waals surface area contributed by atoms with Crippen LogP contribution in [0.2, 0.25) is 0 Å². The molecule has 0 radical (unpaired) electrons. The zero-order valence-corrected chi connectivity index (χ0v) is 32.5. The summed E-state index contributed by atoms with van der Waals surface area (Å²) in [5.41, 5.74) is 10.5. The maximum atomic E-state index is 6.59. The number of benzene rings is 7. The predicted molar refractivity (Wildman–Crippen MR) is 231 cm³/mol. The maximum absolute atomic E-state index is 6.59. The van der Waals surface area contributed by atoms with Crippen LogP contribution in [0.15, 0.2) is 188 Å². The van der Waals surface area contributed by atoms with Crippen molar-refractivity contribution in [3.05, 3.63) is 227 Å². The lowest BCUT2D eigenvalue weighted by Gasteiger charge is -2.38. The van der Waals surface area contributed by atoms with E-state index in [1.165, 1.54) is 59.2 Å². The van der Waals surface area contributed by atoms with Crippen molar-refractivity contribution in [3.8, 4) is 11.5 Å². The van der Waals surface area contributed by atoms with E-state index in [1.54, 1.807) is 0 Å². The summed E-state index contributed by atoms with van der Waals surface area (Å²) in [6, 6.07) is 66.2. The van der Waals surface area contributed by atoms with E-state index in [9.17, 15) is 0 Å². The second-order valence-electron chi connectivity index (χ2n) is 15.5. The Hall–Kier alpha value is -6.52. The molecule has 0 bridgehead atoms. The number of para-hydroxylation sites is 4. The van der Waals surface area contributed by atoms with E-state index in [-0.39, 0.29) is 5.41 Å². The van der Waals surface area contributed by atoms with Gasteiger partial charge in [0.25, 0.3) is 13.5 Å². The molecular formula is C53H48N2O2+2. The first-order chi connectivity index (χ1) is 28.1. The average molecular weight is 745 g/mol. The normalized spacial score (nSPS) is 15.3. The standard InChI is InChI=1S/C33H26NO.C20H22NO/c1-5-15-27(16-6-1)33(28-17-7-2-8-18-28,29-19-9-3-10-20-29)31-23-13-14-26-24-34(25-35-32(26)31)30-21-11-4-12-22-30;1-20(12-5-6-13-20)18-11-7-8-16-14-21(15-22-19(16)18)17-9-3-2-4-10-17/h1-24H,25H2;2-4,7-11,14H,5-6,12-13,15H2,1H3/q2*+1. The lowest BCUT2D eigenvalue weighted by molar-refractivity contribution is -0.476. The zero-order chi connectivity index (χ0) is 38.5. The summed E-state index contributed by atoms with van der Waals surface area (Å²) in [5, 5.41) is 0. The van der Waals surface area contributed by atoms with Crippen molar-refractivity contribution in [3.63, 3.8) is 0 Å². The molecule has 0 spiro atoms. The molecule has 4 nitrogen and oxygen atoms in total. The molecule has 2 aliphatic heterocycles. The molecule has 7 aromatic carbocycles. The van der Waals surface area contributed by atoms with Gasteiger partial charge in [0.1, 0.15) is 11.5 Å². The summed E-state index contributed by atoms with van der Waals surface area (Å²) < 4.78 is 17.1. The third-order valence-electron chi connectivity index (χ3n) is 11.9. The van der Waals surface area contributed by atoms with Crippen molar-refractivity contribution >= 4 is 23.8 Å². The quantitative estimate of drug-likeness (QED) is 0.120. The molecule has 4 heteroatoms. The van der Waals surface area contributed by atoms with E-state index < -0.39 is 5.41 Å². The third-order valence-corrected chi connectivity index (χ3v) is 11.9. The number of ether oxygens (including phenoxy) is 2. The van der Waals surface area contributed by atoms with Gasteiger partial charge in [0.15, 0.2) is 12.4 Å². The summed E-state index contributed by atoms with van der Waals surface area (Å²) in [5.74, 6) is 2.02. The molecule has 0 N–H and O–H groups in total. The second kappa shape index (κ2) is 15.9. The minimum Gasteiger partial charge on any atom is -0.435 e. The number of nitrogens with zero attached hydrogens (tertiary/aromatic N) is 2. The van der Waals surface area contributed by atoms with Crippen LogP contribution in [0.1, 0.15) is 71.6 Å². The van der Waals surface area contributed by atoms with Gasteiger partial charge in [-0.15, -0.1) is 0 Å². The van der Waals surface area contributed by atoms with E-state index in [0.29, 0.717) is 13.5 Å². The van der Waals surface area contributed by atoms with E-state index in [1.807, 2.05) is 12.1 Å². The van der Waals surface area contributed by atoms with Crippen LogP contribution in [0, 0.1) is 0 Å². The summed E-state index contributed by atoms with van der Waals surface area (Å²) >= 11 is 0. The fourth-order valence-electron chi connectivity index (χ4n) is 9.08. The van der Waals surface area contributed by atoms with Crippen LogP contribution in [0.5, 0.6) is 11.5 Å². The Labute approximate surface area is 336 Å². The van der Waals surface area contributed by atoms with Crippen molar-refractivity contribution in [1.29, 1.82) is 0 Å². The molecule has 0 unspecified atom stereocenters. The third kappa shape index (κ3) is 6.97. The van der Waals surface area contributed by atoms with Gasteiger partial charge in [-0.2, -0.15) is 9.15 Å². The summed E-state index contributed by atoms with van der Waals surface area (Å²) in [7, 11) is 0. The minimum absolute atomic E-state index is 0.286. The number of rotatable bonds is 7. The Balaban J connectivity index is 0.000000165. The van der Waals surface area contributed by atoms with Gasteiger partial charge in [-0.25, -0.2) is 0 Å². The van der Waals surface area contributed by atoms with Crippen LogP contribution in [-0.4, -0.2) is 35.0 Å². The van der Waals surface area contributed by atoms with Gasteiger partial charge >= 0.3 is 0 Å². The van der Waals surface area contributed by atoms with Crippen LogP contribution in [0.3, 0.4) is 0 Å². The first-order valence-electron chi connectivity index (χ1n) is 20.2. The number of hydrogen-bond acceptors (Lipinski definition) is 2. The smallest absolute Gasteiger partial charge is 0.292 e. The molecular weight excluding hydrogens is 697 g/mol. The van der Waals surface area contributed by atoms with Gasteiger partial charge in [-0.3, -0.25) is 0 Å². The van der Waals surface area contributed by atoms with Gasteiger partial charge in [0.05, 0.1) is 16.5 Å². The summed E-state index contributed by atoms with van der Waals surface area (Å²) in [6.07, 6.45) is 9.63. The van der Waals surface area contributed by atoms with Gasteiger partial charge in [0, 0.05) is 35.4 Å². The number of fused-ring (bicyclic) bond motifs is 2. The maximum Gasteiger partial charge on any atom is 0.292 e. The van der Waals surface area contributed by atoms with Crippen molar-refractivity contribution in [2.75, 3.05) is 13.5 Å². The molecule has 0 aromatic heterocycles. The van der Waals surface area contributed by atoms with Crippen LogP contribution in [-0.2, 0) is 10.8 Å². The summed E-state index contributed by atoms with van der Waals surface area (Å²) in [4.78, 5) is 0. The van der Waals surface area contributed by atoms with Crippen LogP contribution >= 0.6 is 0 Å². The van der Waals surface area contributed by atoms with Crippen molar-refractivity contribution in [2.45, 2.75) is 43.4 Å². The Morgan fingerprint density at radius 3 is 1.32 bits per heavy atom. The second-order valence-corrected chi connectivity index (χ2v) is 15.5. The predicted octanol–water partition coefficient (Wildman–Crippen LogP) is 11.8. The van der Waals surface area contributed by atoms with Crippen molar-refractivity contribution < 1.29 is 18.6 Å².